The van der Waals surface area contributed by atoms with Crippen molar-refractivity contribution < 1.29 is 0 Å². The van der Waals surface area contributed by atoms with Gasteiger partial charge in [-0.2, -0.15) is 5.10 Å². The topological polar surface area (TPSA) is 33.1 Å². The van der Waals surface area contributed by atoms with Gasteiger partial charge >= 0.3 is 0 Å². The molecular formula is C15H28N4. The number of hydrogen-bond acceptors (Lipinski definition) is 3. The van der Waals surface area contributed by atoms with Crippen molar-refractivity contribution >= 4 is 0 Å². The van der Waals surface area contributed by atoms with Gasteiger partial charge in [-0.25, -0.2) is 0 Å². The summed E-state index contributed by atoms with van der Waals surface area (Å²) in [5.41, 5.74) is 1.29. The number of likely N-dealkylation sites (N-methyl/N-ethyl adjacent to an activating group) is 1. The molecule has 1 aromatic rings. The molecule has 2 rings (SSSR count). The van der Waals surface area contributed by atoms with Crippen LogP contribution >= 0.6 is 0 Å². The number of rotatable bonds is 6. The highest BCUT2D eigenvalue weighted by Crippen LogP contribution is 2.23. The monoisotopic (exact) mass is 264 g/mol. The lowest BCUT2D eigenvalue weighted by Gasteiger charge is -2.27. The molecule has 0 aromatic carbocycles. The van der Waals surface area contributed by atoms with Crippen molar-refractivity contribution in [3.8, 4) is 0 Å². The maximum atomic E-state index is 4.20. The smallest absolute Gasteiger partial charge is 0.0534 e. The molecule has 0 amide bonds. The van der Waals surface area contributed by atoms with Crippen molar-refractivity contribution in [3.63, 3.8) is 0 Å². The minimum atomic E-state index is 0.753. The zero-order valence-corrected chi connectivity index (χ0v) is 12.6. The van der Waals surface area contributed by atoms with Crippen molar-refractivity contribution in [3.05, 3.63) is 18.0 Å². The van der Waals surface area contributed by atoms with Gasteiger partial charge in [-0.15, -0.1) is 0 Å². The van der Waals surface area contributed by atoms with Crippen LogP contribution in [-0.4, -0.2) is 40.9 Å². The molecule has 0 unspecified atom stereocenters. The number of hydrogen-bond donors (Lipinski definition) is 1. The molecule has 108 valence electrons. The number of aromatic nitrogens is 2. The Hall–Kier alpha value is -0.870. The van der Waals surface area contributed by atoms with E-state index in [1.54, 1.807) is 0 Å². The normalized spacial score (nSPS) is 24.0. The minimum absolute atomic E-state index is 0.753. The average Bonchev–Trinajstić information content (AvgIpc) is 2.77. The van der Waals surface area contributed by atoms with Crippen LogP contribution in [0.5, 0.6) is 0 Å². The van der Waals surface area contributed by atoms with E-state index in [4.69, 9.17) is 0 Å². The van der Waals surface area contributed by atoms with Crippen LogP contribution in [0.4, 0.5) is 0 Å². The molecule has 1 saturated carbocycles. The Kier molecular flexibility index (Phi) is 5.40. The average molecular weight is 264 g/mol. The lowest BCUT2D eigenvalue weighted by molar-refractivity contribution is 0.279. The van der Waals surface area contributed by atoms with E-state index in [2.05, 4.69) is 35.5 Å². The van der Waals surface area contributed by atoms with E-state index >= 15 is 0 Å². The van der Waals surface area contributed by atoms with Crippen LogP contribution in [0.1, 0.15) is 38.2 Å². The Morgan fingerprint density at radius 1 is 1.37 bits per heavy atom. The Morgan fingerprint density at radius 3 is 2.74 bits per heavy atom. The molecule has 0 aliphatic heterocycles. The molecule has 1 aliphatic rings. The second kappa shape index (κ2) is 7.06. The Labute approximate surface area is 117 Å². The van der Waals surface area contributed by atoms with Crippen LogP contribution < -0.4 is 5.32 Å². The van der Waals surface area contributed by atoms with Gasteiger partial charge < -0.3 is 10.2 Å². The highest BCUT2D eigenvalue weighted by Gasteiger charge is 2.17. The van der Waals surface area contributed by atoms with E-state index in [1.807, 2.05) is 17.9 Å². The van der Waals surface area contributed by atoms with E-state index in [9.17, 15) is 0 Å². The van der Waals surface area contributed by atoms with Gasteiger partial charge in [-0.3, -0.25) is 4.68 Å². The third kappa shape index (κ3) is 4.96. The third-order valence-electron chi connectivity index (χ3n) is 4.15. The highest BCUT2D eigenvalue weighted by molar-refractivity contribution is 5.02. The van der Waals surface area contributed by atoms with E-state index in [0.717, 1.165) is 31.6 Å². The van der Waals surface area contributed by atoms with Crippen molar-refractivity contribution in [2.75, 3.05) is 20.1 Å². The van der Waals surface area contributed by atoms with Crippen LogP contribution in [-0.2, 0) is 13.6 Å². The van der Waals surface area contributed by atoms with E-state index in [1.165, 1.54) is 31.2 Å². The molecule has 4 nitrogen and oxygen atoms in total. The molecule has 4 heteroatoms. The van der Waals surface area contributed by atoms with Gasteiger partial charge in [0.05, 0.1) is 6.20 Å². The molecule has 0 saturated heterocycles. The summed E-state index contributed by atoms with van der Waals surface area (Å²) in [4.78, 5) is 2.36. The third-order valence-corrected chi connectivity index (χ3v) is 4.15. The highest BCUT2D eigenvalue weighted by atomic mass is 15.2. The summed E-state index contributed by atoms with van der Waals surface area (Å²) in [7, 11) is 4.15. The van der Waals surface area contributed by atoms with Gasteiger partial charge in [0.1, 0.15) is 0 Å². The number of aryl methyl sites for hydroxylation is 1. The molecule has 0 spiro atoms. The first-order valence-electron chi connectivity index (χ1n) is 7.53. The van der Waals surface area contributed by atoms with Crippen LogP contribution in [0.2, 0.25) is 0 Å². The molecule has 0 radical (unpaired) electrons. The molecule has 1 N–H and O–H groups in total. The largest absolute Gasteiger partial charge is 0.313 e. The molecule has 1 heterocycles. The summed E-state index contributed by atoms with van der Waals surface area (Å²) < 4.78 is 1.87. The Morgan fingerprint density at radius 2 is 2.11 bits per heavy atom. The maximum Gasteiger partial charge on any atom is 0.0534 e. The van der Waals surface area contributed by atoms with Crippen LogP contribution in [0.3, 0.4) is 0 Å². The zero-order chi connectivity index (χ0) is 13.7. The molecule has 1 aliphatic carbocycles. The minimum Gasteiger partial charge on any atom is -0.313 e. The fourth-order valence-electron chi connectivity index (χ4n) is 2.87. The van der Waals surface area contributed by atoms with E-state index in [0.29, 0.717) is 0 Å². The first-order valence-corrected chi connectivity index (χ1v) is 7.53. The summed E-state index contributed by atoms with van der Waals surface area (Å²) in [5.74, 6) is 0.936. The lowest BCUT2D eigenvalue weighted by Crippen LogP contribution is -2.37. The summed E-state index contributed by atoms with van der Waals surface area (Å²) in [6, 6.07) is 0.753. The van der Waals surface area contributed by atoms with Crippen LogP contribution in [0, 0.1) is 5.92 Å². The molecule has 0 atom stereocenters. The van der Waals surface area contributed by atoms with Gasteiger partial charge in [0.2, 0.25) is 0 Å². The predicted molar refractivity (Wildman–Crippen MR) is 79.0 cm³/mol. The molecule has 19 heavy (non-hydrogen) atoms. The molecule has 1 fully saturated rings. The second-order valence-corrected chi connectivity index (χ2v) is 6.17. The standard InChI is InChI=1S/C15H28N4/c1-13-4-6-15(7-5-13)16-8-9-18(2)11-14-10-17-19(3)12-14/h10,12-13,15-16H,4-9,11H2,1-3H3. The fraction of sp³-hybridized carbons (Fsp3) is 0.800. The number of nitrogens with one attached hydrogen (secondary N) is 1. The summed E-state index contributed by atoms with van der Waals surface area (Å²) >= 11 is 0. The van der Waals surface area contributed by atoms with Crippen LogP contribution in [0.15, 0.2) is 12.4 Å². The Balaban J connectivity index is 1.60. The second-order valence-electron chi connectivity index (χ2n) is 6.17. The Bertz CT molecular complexity index is 366. The van der Waals surface area contributed by atoms with Gasteiger partial charge in [0, 0.05) is 44.5 Å². The maximum absolute atomic E-state index is 4.20. The van der Waals surface area contributed by atoms with Gasteiger partial charge in [-0.1, -0.05) is 6.92 Å². The van der Waals surface area contributed by atoms with Gasteiger partial charge in [0.15, 0.2) is 0 Å². The lowest BCUT2D eigenvalue weighted by atomic mass is 9.87. The van der Waals surface area contributed by atoms with Crippen molar-refractivity contribution in [1.29, 1.82) is 0 Å². The summed E-state index contributed by atoms with van der Waals surface area (Å²) in [6.07, 6.45) is 9.53. The molecule has 1 aromatic heterocycles. The van der Waals surface area contributed by atoms with E-state index < -0.39 is 0 Å². The zero-order valence-electron chi connectivity index (χ0n) is 12.6. The molecule has 0 bridgehead atoms. The first-order chi connectivity index (χ1) is 9.13. The van der Waals surface area contributed by atoms with Crippen molar-refractivity contribution in [1.82, 2.24) is 20.0 Å². The van der Waals surface area contributed by atoms with Crippen molar-refractivity contribution in [2.24, 2.45) is 13.0 Å². The predicted octanol–water partition coefficient (Wildman–Crippen LogP) is 2.02. The van der Waals surface area contributed by atoms with Gasteiger partial charge in [-0.05, 0) is 38.6 Å². The first kappa shape index (κ1) is 14.5. The van der Waals surface area contributed by atoms with Gasteiger partial charge in [0.25, 0.3) is 0 Å². The summed E-state index contributed by atoms with van der Waals surface area (Å²) in [6.45, 7) is 5.55. The number of nitrogens with zero attached hydrogens (tertiary/aromatic N) is 3. The quantitative estimate of drug-likeness (QED) is 0.853. The SMILES string of the molecule is CC1CCC(NCCN(C)Cc2cnn(C)c2)CC1. The van der Waals surface area contributed by atoms with Crippen LogP contribution in [0.25, 0.3) is 0 Å². The summed E-state index contributed by atoms with van der Waals surface area (Å²) in [5, 5.41) is 7.91. The van der Waals surface area contributed by atoms with E-state index in [-0.39, 0.29) is 0 Å². The van der Waals surface area contributed by atoms with Crippen molar-refractivity contribution in [2.45, 2.75) is 45.2 Å². The fourth-order valence-corrected chi connectivity index (χ4v) is 2.87. The molecular weight excluding hydrogens is 236 g/mol.